The van der Waals surface area contributed by atoms with E-state index in [4.69, 9.17) is 0 Å². The van der Waals surface area contributed by atoms with Gasteiger partial charge in [-0.1, -0.05) is 55.0 Å². The maximum atomic E-state index is 4.22. The Balaban J connectivity index is 1.25. The summed E-state index contributed by atoms with van der Waals surface area (Å²) in [6.07, 6.45) is 6.22. The Morgan fingerprint density at radius 2 is 1.85 bits per heavy atom. The molecule has 6 rings (SSSR count). The minimum absolute atomic E-state index is 0.344. The highest BCUT2D eigenvalue weighted by Crippen LogP contribution is 2.67. The van der Waals surface area contributed by atoms with E-state index in [9.17, 15) is 0 Å². The number of para-hydroxylation sites is 1. The van der Waals surface area contributed by atoms with Crippen molar-refractivity contribution in [1.29, 1.82) is 0 Å². The zero-order valence-corrected chi connectivity index (χ0v) is 15.6. The predicted molar refractivity (Wildman–Crippen MR) is 104 cm³/mol. The maximum Gasteiger partial charge on any atom is 0.113 e. The van der Waals surface area contributed by atoms with Crippen LogP contribution in [0.1, 0.15) is 49.3 Å². The van der Waals surface area contributed by atoms with Gasteiger partial charge in [0.2, 0.25) is 0 Å². The molecule has 4 heteroatoms. The largest absolute Gasteiger partial charge is 0.307 e. The Hall–Kier alpha value is -2.20. The number of hydrogen-bond donors (Lipinski definition) is 1. The second-order valence-corrected chi connectivity index (χ2v) is 8.39. The number of nitrogens with zero attached hydrogens (tertiary/aromatic N) is 3. The highest BCUT2D eigenvalue weighted by atomic mass is 15.4. The summed E-state index contributed by atoms with van der Waals surface area (Å²) in [6.45, 7) is 3.14. The van der Waals surface area contributed by atoms with Crippen LogP contribution in [0.15, 0.2) is 42.5 Å². The molecule has 2 aromatic carbocycles. The SMILES string of the molecule is CCCc1ccc(C23CC(NCc4cccc5nnn(C)c45)(C2)C3)cc1. The fourth-order valence-corrected chi connectivity index (χ4v) is 5.21. The van der Waals surface area contributed by atoms with Gasteiger partial charge >= 0.3 is 0 Å². The standard InChI is InChI=1S/C22H26N4/c1-3-5-16-8-10-18(11-9-16)21-13-22(14-21,15-21)23-12-17-6-4-7-19-20(17)26(2)25-24-19/h4,6-11,23H,3,5,12-15H2,1-2H3. The molecule has 0 aliphatic heterocycles. The molecule has 2 bridgehead atoms. The van der Waals surface area contributed by atoms with Gasteiger partial charge < -0.3 is 5.32 Å². The maximum absolute atomic E-state index is 4.22. The van der Waals surface area contributed by atoms with Crippen molar-refractivity contribution in [2.75, 3.05) is 0 Å². The van der Waals surface area contributed by atoms with Gasteiger partial charge in [-0.2, -0.15) is 0 Å². The first-order valence-corrected chi connectivity index (χ1v) is 9.75. The Morgan fingerprint density at radius 1 is 1.08 bits per heavy atom. The first-order chi connectivity index (χ1) is 12.6. The Bertz CT molecular complexity index is 934. The molecule has 1 N–H and O–H groups in total. The minimum Gasteiger partial charge on any atom is -0.307 e. The fraction of sp³-hybridized carbons (Fsp3) is 0.455. The first-order valence-electron chi connectivity index (χ1n) is 9.75. The molecule has 0 saturated heterocycles. The Labute approximate surface area is 154 Å². The fourth-order valence-electron chi connectivity index (χ4n) is 5.21. The molecule has 3 aliphatic carbocycles. The highest BCUT2D eigenvalue weighted by Gasteiger charge is 2.67. The van der Waals surface area contributed by atoms with E-state index < -0.39 is 0 Å². The predicted octanol–water partition coefficient (Wildman–Crippen LogP) is 3.88. The average Bonchev–Trinajstić information content (AvgIpc) is 2.96. The quantitative estimate of drug-likeness (QED) is 0.736. The van der Waals surface area contributed by atoms with Crippen LogP contribution < -0.4 is 5.32 Å². The molecule has 3 aliphatic rings. The summed E-state index contributed by atoms with van der Waals surface area (Å²) in [4.78, 5) is 0. The van der Waals surface area contributed by atoms with Gasteiger partial charge in [0.05, 0.1) is 5.52 Å². The third-order valence-electron chi connectivity index (χ3n) is 6.50. The molecule has 3 saturated carbocycles. The smallest absolute Gasteiger partial charge is 0.113 e. The summed E-state index contributed by atoms with van der Waals surface area (Å²) in [5.41, 5.74) is 7.21. The van der Waals surface area contributed by atoms with Crippen LogP contribution in [0.2, 0.25) is 0 Å². The normalized spacial score (nSPS) is 26.5. The van der Waals surface area contributed by atoms with Crippen LogP contribution in [0.5, 0.6) is 0 Å². The molecule has 1 aromatic heterocycles. The van der Waals surface area contributed by atoms with Crippen LogP contribution in [0.3, 0.4) is 0 Å². The van der Waals surface area contributed by atoms with Gasteiger partial charge in [0, 0.05) is 24.5 Å². The number of nitrogens with one attached hydrogen (secondary N) is 1. The third kappa shape index (κ3) is 2.32. The van der Waals surface area contributed by atoms with Gasteiger partial charge in [-0.15, -0.1) is 5.10 Å². The number of aryl methyl sites for hydroxylation is 2. The van der Waals surface area contributed by atoms with E-state index in [2.05, 4.69) is 59.0 Å². The molecule has 0 unspecified atom stereocenters. The number of rotatable bonds is 6. The highest BCUT2D eigenvalue weighted by molar-refractivity contribution is 5.78. The minimum atomic E-state index is 0.344. The molecule has 0 radical (unpaired) electrons. The number of fused-ring (bicyclic) bond motifs is 1. The van der Waals surface area contributed by atoms with E-state index in [-0.39, 0.29) is 0 Å². The summed E-state index contributed by atoms with van der Waals surface area (Å²) in [5, 5.41) is 12.2. The van der Waals surface area contributed by atoms with Crippen molar-refractivity contribution in [3.63, 3.8) is 0 Å². The van der Waals surface area contributed by atoms with E-state index >= 15 is 0 Å². The Morgan fingerprint density at radius 3 is 2.58 bits per heavy atom. The van der Waals surface area contributed by atoms with Crippen LogP contribution >= 0.6 is 0 Å². The topological polar surface area (TPSA) is 42.7 Å². The lowest BCUT2D eigenvalue weighted by Gasteiger charge is -2.71. The molecule has 0 amide bonds. The lowest BCUT2D eigenvalue weighted by atomic mass is 9.37. The van der Waals surface area contributed by atoms with E-state index in [1.807, 2.05) is 17.8 Å². The molecule has 26 heavy (non-hydrogen) atoms. The van der Waals surface area contributed by atoms with Gasteiger partial charge in [-0.3, -0.25) is 0 Å². The Kier molecular flexibility index (Phi) is 3.48. The van der Waals surface area contributed by atoms with Gasteiger partial charge in [0.15, 0.2) is 0 Å². The molecule has 134 valence electrons. The third-order valence-corrected chi connectivity index (χ3v) is 6.50. The van der Waals surface area contributed by atoms with Crippen LogP contribution in [0.25, 0.3) is 11.0 Å². The van der Waals surface area contributed by atoms with Crippen molar-refractivity contribution in [3.8, 4) is 0 Å². The molecule has 3 aromatic rings. The molecular weight excluding hydrogens is 320 g/mol. The van der Waals surface area contributed by atoms with Crippen molar-refractivity contribution in [1.82, 2.24) is 20.3 Å². The van der Waals surface area contributed by atoms with E-state index in [1.165, 1.54) is 43.2 Å². The van der Waals surface area contributed by atoms with E-state index in [0.717, 1.165) is 17.6 Å². The first kappa shape index (κ1) is 16.0. The molecule has 4 nitrogen and oxygen atoms in total. The van der Waals surface area contributed by atoms with Gasteiger partial charge in [0.1, 0.15) is 5.52 Å². The van der Waals surface area contributed by atoms with E-state index in [0.29, 0.717) is 11.0 Å². The lowest BCUT2D eigenvalue weighted by molar-refractivity contribution is -0.0893. The molecular formula is C22H26N4. The zero-order valence-electron chi connectivity index (χ0n) is 15.6. The van der Waals surface area contributed by atoms with E-state index in [1.54, 1.807) is 5.56 Å². The van der Waals surface area contributed by atoms with Crippen molar-refractivity contribution in [2.45, 2.75) is 56.5 Å². The van der Waals surface area contributed by atoms with Crippen molar-refractivity contribution < 1.29 is 0 Å². The average molecular weight is 346 g/mol. The second-order valence-electron chi connectivity index (χ2n) is 8.39. The summed E-state index contributed by atoms with van der Waals surface area (Å²) in [5.74, 6) is 0. The lowest BCUT2D eigenvalue weighted by Crippen LogP contribution is -2.75. The molecule has 0 atom stereocenters. The van der Waals surface area contributed by atoms with Crippen molar-refractivity contribution in [3.05, 3.63) is 59.2 Å². The molecule has 0 spiro atoms. The van der Waals surface area contributed by atoms with Gasteiger partial charge in [-0.25, -0.2) is 4.68 Å². The summed E-state index contributed by atoms with van der Waals surface area (Å²) in [7, 11) is 1.97. The molecule has 3 fully saturated rings. The van der Waals surface area contributed by atoms with Crippen molar-refractivity contribution in [2.24, 2.45) is 7.05 Å². The molecule has 1 heterocycles. The number of hydrogen-bond acceptors (Lipinski definition) is 3. The van der Waals surface area contributed by atoms with Gasteiger partial charge in [-0.05, 0) is 48.4 Å². The van der Waals surface area contributed by atoms with Crippen LogP contribution in [-0.2, 0) is 25.4 Å². The number of aromatic nitrogens is 3. The van der Waals surface area contributed by atoms with Crippen LogP contribution in [-0.4, -0.2) is 20.5 Å². The van der Waals surface area contributed by atoms with Crippen LogP contribution in [0.4, 0.5) is 0 Å². The summed E-state index contributed by atoms with van der Waals surface area (Å²) >= 11 is 0. The van der Waals surface area contributed by atoms with Crippen molar-refractivity contribution >= 4 is 11.0 Å². The summed E-state index contributed by atoms with van der Waals surface area (Å²) < 4.78 is 1.88. The monoisotopic (exact) mass is 346 g/mol. The zero-order chi connectivity index (χ0) is 17.8. The van der Waals surface area contributed by atoms with Gasteiger partial charge in [0.25, 0.3) is 0 Å². The number of benzene rings is 2. The summed E-state index contributed by atoms with van der Waals surface area (Å²) in [6, 6.07) is 15.7. The van der Waals surface area contributed by atoms with Crippen LogP contribution in [0, 0.1) is 0 Å². The second kappa shape index (κ2) is 5.65.